The summed E-state index contributed by atoms with van der Waals surface area (Å²) in [6.07, 6.45) is 3.62. The van der Waals surface area contributed by atoms with Crippen LogP contribution in [0.5, 0.6) is 0 Å². The van der Waals surface area contributed by atoms with Crippen molar-refractivity contribution in [3.8, 4) is 0 Å². The lowest BCUT2D eigenvalue weighted by molar-refractivity contribution is -0.145. The highest BCUT2D eigenvalue weighted by Gasteiger charge is 2.43. The van der Waals surface area contributed by atoms with Crippen LogP contribution in [-0.4, -0.2) is 215 Å². The highest BCUT2D eigenvalue weighted by atomic mass is 16.4. The van der Waals surface area contributed by atoms with Crippen LogP contribution in [0.15, 0.2) is 30.3 Å². The molecule has 14 atom stereocenters. The molecular formula is C67H113N17O15. The zero-order valence-corrected chi connectivity index (χ0v) is 59.5. The third-order valence-electron chi connectivity index (χ3n) is 17.8. The highest BCUT2D eigenvalue weighted by molar-refractivity contribution is 6.00. The fourth-order valence-corrected chi connectivity index (χ4v) is 11.6. The Balaban J connectivity index is 1.75. The van der Waals surface area contributed by atoms with Crippen LogP contribution < -0.4 is 75.7 Å². The summed E-state index contributed by atoms with van der Waals surface area (Å²) in [5.41, 5.74) is 17.7. The first kappa shape index (κ1) is 84.7. The molecule has 2 heterocycles. The summed E-state index contributed by atoms with van der Waals surface area (Å²) in [5, 5.41) is 57.1. The number of rotatable bonds is 42. The average molecular weight is 1400 g/mol. The van der Waals surface area contributed by atoms with E-state index >= 15 is 0 Å². The number of nitrogens with zero attached hydrogens (tertiary/aromatic N) is 2. The standard InChI is InChI=1S/C67H113N17O15/c1-12-39(9)53(61(93)73-34-50(86)79-51(37(5)6)62(94)78-47(35-85)58(90)82-54(40(10)13-2)65(97)84-31-21-27-49(84)60(92)77-46(66(98)99)33-42-22-15-14-16-23-42)81-63(95)52(38(7)8)80-57(89)44(25-19-29-72-67(70)71)75-59(91)48-26-20-30-83(48)64(96)45(32-36(3)4)76-56(88)43(24-17-18-28-68)74-55(87)41(11)69/h14-16,22-23,36-41,43-49,51-54,85H,12-13,17-21,24-35,68-69H2,1-11H3,(H,73,93)(H,74,87)(H,75,91)(H,76,88)(H,77,92)(H,78,94)(H,79,86)(H,80,89)(H,81,95)(H,82,90)(H,98,99)(H4,70,71,72)/t39-,40-,41-,43-,44-,45-,46-,47-,48-,49-,51-,52-,53-,54-/m0/s1. The Hall–Kier alpha value is -8.52. The van der Waals surface area contributed by atoms with Gasteiger partial charge in [0.15, 0.2) is 5.96 Å². The molecule has 20 N–H and O–H groups in total. The third-order valence-corrected chi connectivity index (χ3v) is 17.8. The quantitative estimate of drug-likeness (QED) is 0.0190. The molecule has 0 aromatic heterocycles. The first-order valence-corrected chi connectivity index (χ1v) is 34.7. The Labute approximate surface area is 581 Å². The summed E-state index contributed by atoms with van der Waals surface area (Å²) in [6.45, 7) is 17.7. The molecule has 3 rings (SSSR count). The normalized spacial score (nSPS) is 18.1. The predicted octanol–water partition coefficient (Wildman–Crippen LogP) is -2.04. The molecule has 1 aromatic rings. The van der Waals surface area contributed by atoms with Gasteiger partial charge in [-0.3, -0.25) is 62.9 Å². The topological polar surface area (TPSA) is 503 Å². The Morgan fingerprint density at radius 1 is 0.545 bits per heavy atom. The average Bonchev–Trinajstić information content (AvgIpc) is 1.76. The summed E-state index contributed by atoms with van der Waals surface area (Å²) in [7, 11) is 0. The number of amides is 12. The number of likely N-dealkylation sites (tertiary alicyclic amines) is 2. The lowest BCUT2D eigenvalue weighted by Crippen LogP contribution is -2.61. The van der Waals surface area contributed by atoms with Gasteiger partial charge >= 0.3 is 5.97 Å². The molecule has 0 radical (unpaired) electrons. The van der Waals surface area contributed by atoms with E-state index in [1.807, 2.05) is 13.8 Å². The number of unbranched alkanes of at least 4 members (excludes halogenated alkanes) is 1. The number of aliphatic hydroxyl groups is 1. The van der Waals surface area contributed by atoms with Crippen molar-refractivity contribution in [1.29, 1.82) is 5.41 Å². The van der Waals surface area contributed by atoms with E-state index in [-0.39, 0.29) is 76.5 Å². The van der Waals surface area contributed by atoms with Gasteiger partial charge in [-0.25, -0.2) is 4.79 Å². The minimum atomic E-state index is -1.64. The van der Waals surface area contributed by atoms with Gasteiger partial charge in [-0.05, 0) is 113 Å². The number of carboxylic acid groups (broad SMARTS) is 1. The van der Waals surface area contributed by atoms with E-state index in [9.17, 15) is 72.5 Å². The monoisotopic (exact) mass is 1400 g/mol. The molecule has 32 nitrogen and oxygen atoms in total. The summed E-state index contributed by atoms with van der Waals surface area (Å²) in [4.78, 5) is 182. The van der Waals surface area contributed by atoms with E-state index in [1.54, 1.807) is 85.7 Å². The molecule has 2 fully saturated rings. The second-order valence-corrected chi connectivity index (χ2v) is 27.1. The fourth-order valence-electron chi connectivity index (χ4n) is 11.6. The van der Waals surface area contributed by atoms with Crippen LogP contribution in [0.1, 0.15) is 159 Å². The van der Waals surface area contributed by atoms with E-state index in [2.05, 4.69) is 58.5 Å². The van der Waals surface area contributed by atoms with E-state index in [1.165, 1.54) is 16.7 Å². The number of guanidine groups is 1. The molecule has 99 heavy (non-hydrogen) atoms. The van der Waals surface area contributed by atoms with Crippen LogP contribution in [0.2, 0.25) is 0 Å². The largest absolute Gasteiger partial charge is 0.480 e. The number of carbonyl (C=O) groups is 13. The Morgan fingerprint density at radius 2 is 1.02 bits per heavy atom. The van der Waals surface area contributed by atoms with Crippen molar-refractivity contribution in [3.63, 3.8) is 0 Å². The molecule has 0 unspecified atom stereocenters. The smallest absolute Gasteiger partial charge is 0.326 e. The molecule has 12 amide bonds. The third kappa shape index (κ3) is 27.3. The number of nitrogens with one attached hydrogen (secondary N) is 12. The van der Waals surface area contributed by atoms with Gasteiger partial charge in [0.1, 0.15) is 66.5 Å². The number of hydrogen-bond acceptors (Lipinski definition) is 17. The van der Waals surface area contributed by atoms with Gasteiger partial charge in [-0.2, -0.15) is 0 Å². The maximum Gasteiger partial charge on any atom is 0.326 e. The summed E-state index contributed by atoms with van der Waals surface area (Å²) < 4.78 is 0. The Kier molecular flexibility index (Phi) is 36.3. The molecular weight excluding hydrogens is 1280 g/mol. The molecule has 2 aliphatic rings. The van der Waals surface area contributed by atoms with Gasteiger partial charge in [0.05, 0.1) is 19.2 Å². The molecule has 0 saturated carbocycles. The van der Waals surface area contributed by atoms with Gasteiger partial charge < -0.3 is 95.7 Å². The van der Waals surface area contributed by atoms with Gasteiger partial charge in [0.25, 0.3) is 0 Å². The zero-order chi connectivity index (χ0) is 74.4. The molecule has 2 aliphatic heterocycles. The van der Waals surface area contributed by atoms with Gasteiger partial charge in [-0.1, -0.05) is 112 Å². The molecule has 556 valence electrons. The number of carbonyl (C=O) groups excluding carboxylic acids is 12. The van der Waals surface area contributed by atoms with Crippen molar-refractivity contribution in [2.75, 3.05) is 39.3 Å². The zero-order valence-electron chi connectivity index (χ0n) is 59.5. The number of benzene rings is 1. The van der Waals surface area contributed by atoms with Gasteiger partial charge in [0, 0.05) is 26.1 Å². The molecule has 0 bridgehead atoms. The van der Waals surface area contributed by atoms with Crippen LogP contribution >= 0.6 is 0 Å². The first-order valence-electron chi connectivity index (χ1n) is 34.7. The molecule has 0 aliphatic carbocycles. The van der Waals surface area contributed by atoms with Crippen molar-refractivity contribution < 1.29 is 72.5 Å². The Bertz CT molecular complexity index is 2900. The van der Waals surface area contributed by atoms with E-state index in [0.717, 1.165) is 0 Å². The number of aliphatic carboxylic acids is 1. The van der Waals surface area contributed by atoms with Gasteiger partial charge in [-0.15, -0.1) is 0 Å². The van der Waals surface area contributed by atoms with E-state index in [4.69, 9.17) is 22.6 Å². The SMILES string of the molecule is CC[C@H](C)[C@H](NC(=O)[C@@H](NC(=O)[C@H](CCCNC(=N)N)NC(=O)[C@@H]1CCCN1C(=O)[C@H](CC(C)C)NC(=O)[C@H](CCCCN)NC(=O)[C@H](C)N)C(C)C)C(=O)NCC(=O)N[C@H](C(=O)N[C@@H](CO)C(=O)N[C@H](C(=O)N1CCC[C@H]1C(=O)N[C@@H](Cc1ccccc1)C(=O)O)[C@@H](C)CC)C(C)C. The summed E-state index contributed by atoms with van der Waals surface area (Å²) in [5.74, 6) is -12.8. The number of carboxylic acids is 1. The Morgan fingerprint density at radius 3 is 1.55 bits per heavy atom. The van der Waals surface area contributed by atoms with E-state index < -0.39 is 186 Å². The minimum absolute atomic E-state index is 0.00444. The predicted molar refractivity (Wildman–Crippen MR) is 368 cm³/mol. The number of hydrogen-bond donors (Lipinski definition) is 17. The van der Waals surface area contributed by atoms with Crippen LogP contribution in [-0.2, 0) is 68.7 Å². The van der Waals surface area contributed by atoms with Crippen LogP contribution in [0, 0.1) is 35.0 Å². The second kappa shape index (κ2) is 42.4. The molecule has 0 spiro atoms. The van der Waals surface area contributed by atoms with Crippen molar-refractivity contribution in [2.24, 2.45) is 46.8 Å². The fraction of sp³-hybridized carbons (Fsp3) is 0.701. The lowest BCUT2D eigenvalue weighted by Gasteiger charge is -2.32. The second-order valence-electron chi connectivity index (χ2n) is 27.1. The van der Waals surface area contributed by atoms with Crippen molar-refractivity contribution in [2.45, 2.75) is 232 Å². The van der Waals surface area contributed by atoms with E-state index in [0.29, 0.717) is 50.6 Å². The summed E-state index contributed by atoms with van der Waals surface area (Å²) >= 11 is 0. The number of nitrogens with two attached hydrogens (primary N) is 3. The lowest BCUT2D eigenvalue weighted by atomic mass is 9.96. The van der Waals surface area contributed by atoms with Crippen molar-refractivity contribution in [1.82, 2.24) is 68.3 Å². The molecule has 32 heteroatoms. The van der Waals surface area contributed by atoms with Crippen molar-refractivity contribution >= 4 is 82.8 Å². The number of aliphatic hydroxyl groups excluding tert-OH is 1. The van der Waals surface area contributed by atoms with Crippen LogP contribution in [0.4, 0.5) is 0 Å². The van der Waals surface area contributed by atoms with Crippen LogP contribution in [0.3, 0.4) is 0 Å². The summed E-state index contributed by atoms with van der Waals surface area (Å²) in [6, 6.07) is -5.88. The minimum Gasteiger partial charge on any atom is -0.480 e. The maximum absolute atomic E-state index is 14.5. The van der Waals surface area contributed by atoms with Gasteiger partial charge in [0.2, 0.25) is 70.9 Å². The highest BCUT2D eigenvalue weighted by Crippen LogP contribution is 2.24. The first-order chi connectivity index (χ1) is 46.7. The molecule has 2 saturated heterocycles. The van der Waals surface area contributed by atoms with Crippen molar-refractivity contribution in [3.05, 3.63) is 35.9 Å². The maximum atomic E-state index is 14.5. The molecule has 1 aromatic carbocycles. The van der Waals surface area contributed by atoms with Crippen LogP contribution in [0.25, 0.3) is 0 Å².